The van der Waals surface area contributed by atoms with Crippen molar-refractivity contribution in [1.29, 1.82) is 0 Å². The van der Waals surface area contributed by atoms with Gasteiger partial charge >= 0.3 is 15.2 Å². The predicted molar refractivity (Wildman–Crippen MR) is 44.5 cm³/mol. The average Bonchev–Trinajstić information content (AvgIpc) is 2.05. The van der Waals surface area contributed by atoms with E-state index < -0.39 is 27.2 Å². The Morgan fingerprint density at radius 1 is 1.15 bits per heavy atom. The third kappa shape index (κ3) is 3.14. The molecule has 7 nitrogen and oxygen atoms in total. The summed E-state index contributed by atoms with van der Waals surface area (Å²) in [4.78, 5) is 18.0. The monoisotopic (exact) mass is 234 g/mol. The Hall–Kier alpha value is 0.260. The normalized spacial score (nSPS) is 23.2. The van der Waals surface area contributed by atoms with Crippen molar-refractivity contribution in [3.63, 3.8) is 0 Å². The highest BCUT2D eigenvalue weighted by molar-refractivity contribution is 7.71. The first-order valence-electron chi connectivity index (χ1n) is 3.19. The van der Waals surface area contributed by atoms with Gasteiger partial charge in [-0.1, -0.05) is 0 Å². The number of aliphatic hydroxyl groups excluding tert-OH is 1. The first kappa shape index (κ1) is 13.3. The SMILES string of the molecule is COP(=O)(O)C(CO)P(=O)(O)OC. The molecule has 2 unspecified atom stereocenters. The fraction of sp³-hybridized carbons (Fsp3) is 1.00. The van der Waals surface area contributed by atoms with E-state index in [-0.39, 0.29) is 0 Å². The van der Waals surface area contributed by atoms with Crippen LogP contribution in [0.1, 0.15) is 0 Å². The van der Waals surface area contributed by atoms with Gasteiger partial charge < -0.3 is 23.9 Å². The molecule has 3 N–H and O–H groups in total. The maximum absolute atomic E-state index is 11.1. The molecule has 0 aliphatic heterocycles. The zero-order chi connectivity index (χ0) is 10.7. The summed E-state index contributed by atoms with van der Waals surface area (Å²) in [6, 6.07) is 0. The summed E-state index contributed by atoms with van der Waals surface area (Å²) in [6.45, 7) is -0.969. The smallest absolute Gasteiger partial charge is 0.345 e. The van der Waals surface area contributed by atoms with Crippen LogP contribution in [0.5, 0.6) is 0 Å². The maximum atomic E-state index is 11.1. The molecule has 0 aromatic heterocycles. The summed E-state index contributed by atoms with van der Waals surface area (Å²) in [5.41, 5.74) is 0. The molecule has 0 rings (SSSR count). The number of hydrogen-bond donors (Lipinski definition) is 3. The Bertz CT molecular complexity index is 227. The molecule has 0 radical (unpaired) electrons. The topological polar surface area (TPSA) is 113 Å². The minimum Gasteiger partial charge on any atom is -0.395 e. The minimum atomic E-state index is -4.31. The fourth-order valence-corrected chi connectivity index (χ4v) is 3.57. The van der Waals surface area contributed by atoms with E-state index >= 15 is 0 Å². The molecule has 2 atom stereocenters. The molecule has 0 aromatic rings. The van der Waals surface area contributed by atoms with E-state index in [0.29, 0.717) is 0 Å². The van der Waals surface area contributed by atoms with Gasteiger partial charge in [-0.15, -0.1) is 0 Å². The van der Waals surface area contributed by atoms with E-state index in [1.54, 1.807) is 0 Å². The van der Waals surface area contributed by atoms with Crippen molar-refractivity contribution in [3.8, 4) is 0 Å². The third-order valence-electron chi connectivity index (χ3n) is 1.44. The van der Waals surface area contributed by atoms with Crippen LogP contribution >= 0.6 is 15.2 Å². The van der Waals surface area contributed by atoms with Crippen molar-refractivity contribution in [3.05, 3.63) is 0 Å². The van der Waals surface area contributed by atoms with Crippen LogP contribution < -0.4 is 0 Å². The Balaban J connectivity index is 4.92. The van der Waals surface area contributed by atoms with Gasteiger partial charge in [0.25, 0.3) is 0 Å². The predicted octanol–water partition coefficient (Wildman–Crippen LogP) is -0.0316. The Kier molecular flexibility index (Phi) is 4.76. The van der Waals surface area contributed by atoms with Crippen LogP contribution in [0.3, 0.4) is 0 Å². The van der Waals surface area contributed by atoms with Crippen molar-refractivity contribution in [2.75, 3.05) is 20.8 Å². The van der Waals surface area contributed by atoms with Crippen LogP contribution in [0.2, 0.25) is 0 Å². The number of aliphatic hydroxyl groups is 1. The Morgan fingerprint density at radius 3 is 1.62 bits per heavy atom. The molecule has 0 aliphatic rings. The van der Waals surface area contributed by atoms with E-state index in [4.69, 9.17) is 14.9 Å². The Morgan fingerprint density at radius 2 is 1.46 bits per heavy atom. The molecule has 0 aliphatic carbocycles. The molecule has 13 heavy (non-hydrogen) atoms. The molecular formula is C4H12O7P2. The van der Waals surface area contributed by atoms with Crippen molar-refractivity contribution < 1.29 is 33.1 Å². The number of rotatable bonds is 5. The average molecular weight is 234 g/mol. The van der Waals surface area contributed by atoms with Crippen LogP contribution in [0, 0.1) is 0 Å². The molecule has 0 saturated carbocycles. The van der Waals surface area contributed by atoms with E-state index in [9.17, 15) is 9.13 Å². The van der Waals surface area contributed by atoms with Crippen LogP contribution in [0.4, 0.5) is 0 Å². The highest BCUT2D eigenvalue weighted by atomic mass is 31.2. The van der Waals surface area contributed by atoms with Crippen LogP contribution in [-0.2, 0) is 18.2 Å². The van der Waals surface area contributed by atoms with Crippen molar-refractivity contribution in [1.82, 2.24) is 0 Å². The van der Waals surface area contributed by atoms with Crippen molar-refractivity contribution >= 4 is 15.2 Å². The van der Waals surface area contributed by atoms with Gasteiger partial charge in [0.1, 0.15) is 0 Å². The lowest BCUT2D eigenvalue weighted by Crippen LogP contribution is -2.16. The summed E-state index contributed by atoms with van der Waals surface area (Å²) in [5.74, 6) is 0. The third-order valence-corrected chi connectivity index (χ3v) is 6.07. The summed E-state index contributed by atoms with van der Waals surface area (Å²) < 4.78 is 30.4. The van der Waals surface area contributed by atoms with Gasteiger partial charge in [0.05, 0.1) is 6.61 Å². The first-order chi connectivity index (χ1) is 5.81. The molecule has 0 spiro atoms. The Labute approximate surface area is 75.4 Å². The van der Waals surface area contributed by atoms with Crippen LogP contribution in [-0.4, -0.2) is 41.1 Å². The standard InChI is InChI=1S/C4H12O7P2/c1-10-12(6,7)4(3-5)13(8,9)11-2/h4-5H,3H2,1-2H3,(H,6,7)(H,8,9). The largest absolute Gasteiger partial charge is 0.395 e. The van der Waals surface area contributed by atoms with Gasteiger partial charge in [0, 0.05) is 14.2 Å². The molecule has 0 heterocycles. The highest BCUT2D eigenvalue weighted by Crippen LogP contribution is 2.64. The van der Waals surface area contributed by atoms with Gasteiger partial charge in [-0.25, -0.2) is 0 Å². The van der Waals surface area contributed by atoms with Gasteiger partial charge in [0.2, 0.25) is 0 Å². The van der Waals surface area contributed by atoms with E-state index in [1.807, 2.05) is 0 Å². The lowest BCUT2D eigenvalue weighted by Gasteiger charge is -2.22. The molecule has 0 amide bonds. The lowest BCUT2D eigenvalue weighted by atomic mass is 10.9. The molecule has 0 aromatic carbocycles. The van der Waals surface area contributed by atoms with Gasteiger partial charge in [-0.3, -0.25) is 9.13 Å². The summed E-state index contributed by atoms with van der Waals surface area (Å²) >= 11 is 0. The molecule has 0 bridgehead atoms. The summed E-state index contributed by atoms with van der Waals surface area (Å²) in [7, 11) is -6.82. The molecule has 0 saturated heterocycles. The zero-order valence-electron chi connectivity index (χ0n) is 7.15. The second-order valence-corrected chi connectivity index (χ2v) is 6.80. The van der Waals surface area contributed by atoms with Gasteiger partial charge in [-0.2, -0.15) is 0 Å². The van der Waals surface area contributed by atoms with Crippen molar-refractivity contribution in [2.45, 2.75) is 5.40 Å². The second kappa shape index (κ2) is 4.66. The van der Waals surface area contributed by atoms with E-state index in [2.05, 4.69) is 9.05 Å². The highest BCUT2D eigenvalue weighted by Gasteiger charge is 2.45. The molecule has 9 heteroatoms. The summed E-state index contributed by atoms with van der Waals surface area (Å²) in [5, 5.41) is 6.81. The van der Waals surface area contributed by atoms with Crippen LogP contribution in [0.25, 0.3) is 0 Å². The zero-order valence-corrected chi connectivity index (χ0v) is 8.94. The second-order valence-electron chi connectivity index (χ2n) is 2.16. The quantitative estimate of drug-likeness (QED) is 0.572. The molecular weight excluding hydrogens is 222 g/mol. The van der Waals surface area contributed by atoms with Gasteiger partial charge in [-0.05, 0) is 0 Å². The minimum absolute atomic E-state index is 0.902. The maximum Gasteiger partial charge on any atom is 0.345 e. The van der Waals surface area contributed by atoms with Crippen LogP contribution in [0.15, 0.2) is 0 Å². The lowest BCUT2D eigenvalue weighted by molar-refractivity contribution is 0.243. The van der Waals surface area contributed by atoms with E-state index in [0.717, 1.165) is 14.2 Å². The molecule has 0 fully saturated rings. The van der Waals surface area contributed by atoms with Crippen molar-refractivity contribution in [2.24, 2.45) is 0 Å². The fourth-order valence-electron chi connectivity index (χ4n) is 0.634. The van der Waals surface area contributed by atoms with E-state index in [1.165, 1.54) is 0 Å². The summed E-state index contributed by atoms with van der Waals surface area (Å²) in [6.07, 6.45) is 0. The first-order valence-corrected chi connectivity index (χ1v) is 6.48. The molecule has 80 valence electrons. The number of hydrogen-bond acceptors (Lipinski definition) is 5. The van der Waals surface area contributed by atoms with Gasteiger partial charge in [0.15, 0.2) is 5.40 Å².